The minimum atomic E-state index is 0.236. The molecule has 0 bridgehead atoms. The van der Waals surface area contributed by atoms with Crippen LogP contribution in [0.15, 0.2) is 0 Å². The Hall–Kier alpha value is -0.180. The molecule has 0 radical (unpaired) electrons. The van der Waals surface area contributed by atoms with E-state index < -0.39 is 0 Å². The van der Waals surface area contributed by atoms with E-state index >= 15 is 0 Å². The average Bonchev–Trinajstić information content (AvgIpc) is 2.04. The molecule has 0 aromatic rings. The zero-order chi connectivity index (χ0) is 7.56. The van der Waals surface area contributed by atoms with Gasteiger partial charge < -0.3 is 4.90 Å². The molecule has 0 N–H and O–H groups in total. The van der Waals surface area contributed by atoms with Crippen LogP contribution in [0.1, 0.15) is 13.3 Å². The van der Waals surface area contributed by atoms with Crippen LogP contribution in [0, 0.1) is 5.92 Å². The highest BCUT2D eigenvalue weighted by molar-refractivity contribution is 7.99. The zero-order valence-corrected chi connectivity index (χ0v) is 7.28. The Balaban J connectivity index is 2.55. The van der Waals surface area contributed by atoms with E-state index in [1.54, 1.807) is 0 Å². The molecule has 1 fully saturated rings. The molecule has 0 saturated carbocycles. The highest BCUT2D eigenvalue weighted by Gasteiger charge is 2.19. The molecule has 1 heterocycles. The molecule has 0 unspecified atom stereocenters. The molecule has 0 aromatic heterocycles. The van der Waals surface area contributed by atoms with Crippen LogP contribution in [-0.2, 0) is 4.79 Å². The second-order valence-corrected chi connectivity index (χ2v) is 3.84. The lowest BCUT2D eigenvalue weighted by Crippen LogP contribution is -2.29. The predicted octanol–water partition coefficient (Wildman–Crippen LogP) is 1.18. The molecule has 1 aliphatic heterocycles. The summed E-state index contributed by atoms with van der Waals surface area (Å²) in [4.78, 5) is 13.1. The molecule has 0 aliphatic carbocycles. The Labute approximate surface area is 66.0 Å². The Morgan fingerprint density at radius 1 is 1.70 bits per heavy atom. The van der Waals surface area contributed by atoms with E-state index in [4.69, 9.17) is 0 Å². The van der Waals surface area contributed by atoms with Crippen LogP contribution in [-0.4, -0.2) is 29.5 Å². The molecule has 1 saturated heterocycles. The van der Waals surface area contributed by atoms with Gasteiger partial charge in [-0.2, -0.15) is 0 Å². The fourth-order valence-electron chi connectivity index (χ4n) is 1.02. The topological polar surface area (TPSA) is 20.3 Å². The lowest BCUT2D eigenvalue weighted by molar-refractivity contribution is -0.132. The molecule has 0 aromatic carbocycles. The van der Waals surface area contributed by atoms with Gasteiger partial charge in [0.05, 0.1) is 5.88 Å². The maximum absolute atomic E-state index is 11.3. The summed E-state index contributed by atoms with van der Waals surface area (Å²) < 4.78 is 0. The van der Waals surface area contributed by atoms with Crippen molar-refractivity contribution in [1.29, 1.82) is 0 Å². The third kappa shape index (κ3) is 1.66. The van der Waals surface area contributed by atoms with Gasteiger partial charge in [0, 0.05) is 13.0 Å². The third-order valence-corrected chi connectivity index (χ3v) is 2.87. The second-order valence-electron chi connectivity index (χ2n) is 2.76. The van der Waals surface area contributed by atoms with Crippen LogP contribution in [0.3, 0.4) is 0 Å². The van der Waals surface area contributed by atoms with Crippen LogP contribution >= 0.6 is 11.8 Å². The molecular formula is C7H13NOS. The Bertz CT molecular complexity index is 124. The van der Waals surface area contributed by atoms with Crippen molar-refractivity contribution in [2.45, 2.75) is 13.3 Å². The van der Waals surface area contributed by atoms with Crippen molar-refractivity contribution < 1.29 is 4.79 Å². The first-order valence-corrected chi connectivity index (χ1v) is 4.70. The third-order valence-electron chi connectivity index (χ3n) is 1.78. The van der Waals surface area contributed by atoms with E-state index in [1.807, 2.05) is 30.6 Å². The fourth-order valence-corrected chi connectivity index (χ4v) is 2.08. The van der Waals surface area contributed by atoms with Gasteiger partial charge in [-0.25, -0.2) is 0 Å². The lowest BCUT2D eigenvalue weighted by Gasteiger charge is -2.15. The SMILES string of the molecule is C[C@H]1CCSCN(C)C1=O. The summed E-state index contributed by atoms with van der Waals surface area (Å²) in [5.74, 6) is 2.52. The van der Waals surface area contributed by atoms with Gasteiger partial charge in [-0.05, 0) is 12.2 Å². The summed E-state index contributed by atoms with van der Waals surface area (Å²) in [7, 11) is 1.87. The standard InChI is InChI=1S/C7H13NOS/c1-6-3-4-10-5-8(2)7(6)9/h6H,3-5H2,1-2H3/t6-/m0/s1. The smallest absolute Gasteiger partial charge is 0.225 e. The Morgan fingerprint density at radius 3 is 3.10 bits per heavy atom. The van der Waals surface area contributed by atoms with Crippen LogP contribution in [0.25, 0.3) is 0 Å². The summed E-state index contributed by atoms with van der Waals surface area (Å²) in [6.07, 6.45) is 1.04. The second kappa shape index (κ2) is 3.28. The number of amides is 1. The molecule has 1 amide bonds. The highest BCUT2D eigenvalue weighted by Crippen LogP contribution is 2.17. The van der Waals surface area contributed by atoms with Gasteiger partial charge in [0.25, 0.3) is 0 Å². The van der Waals surface area contributed by atoms with Crippen molar-refractivity contribution in [1.82, 2.24) is 4.90 Å². The van der Waals surface area contributed by atoms with E-state index in [1.165, 1.54) is 0 Å². The van der Waals surface area contributed by atoms with Crippen LogP contribution in [0.5, 0.6) is 0 Å². The largest absolute Gasteiger partial charge is 0.336 e. The number of rotatable bonds is 0. The quantitative estimate of drug-likeness (QED) is 0.529. The number of carbonyl (C=O) groups excluding carboxylic acids is 1. The first-order chi connectivity index (χ1) is 4.72. The molecule has 1 rings (SSSR count). The number of carbonyl (C=O) groups is 1. The Morgan fingerprint density at radius 2 is 2.40 bits per heavy atom. The van der Waals surface area contributed by atoms with Gasteiger partial charge >= 0.3 is 0 Å². The number of hydrogen-bond acceptors (Lipinski definition) is 2. The van der Waals surface area contributed by atoms with Gasteiger partial charge in [-0.1, -0.05) is 6.92 Å². The van der Waals surface area contributed by atoms with Crippen molar-refractivity contribution in [3.05, 3.63) is 0 Å². The Kier molecular flexibility index (Phi) is 2.60. The average molecular weight is 159 g/mol. The van der Waals surface area contributed by atoms with Crippen LogP contribution in [0.4, 0.5) is 0 Å². The monoisotopic (exact) mass is 159 g/mol. The molecular weight excluding hydrogens is 146 g/mol. The maximum atomic E-state index is 11.3. The molecule has 3 heteroatoms. The van der Waals surface area contributed by atoms with Crippen LogP contribution < -0.4 is 0 Å². The van der Waals surface area contributed by atoms with Crippen molar-refractivity contribution >= 4 is 17.7 Å². The highest BCUT2D eigenvalue weighted by atomic mass is 32.2. The molecule has 10 heavy (non-hydrogen) atoms. The lowest BCUT2D eigenvalue weighted by atomic mass is 10.1. The summed E-state index contributed by atoms with van der Waals surface area (Å²) in [6.45, 7) is 2.00. The van der Waals surface area contributed by atoms with E-state index in [2.05, 4.69) is 0 Å². The maximum Gasteiger partial charge on any atom is 0.225 e. The first-order valence-electron chi connectivity index (χ1n) is 3.54. The zero-order valence-electron chi connectivity index (χ0n) is 6.46. The fraction of sp³-hybridized carbons (Fsp3) is 0.857. The van der Waals surface area contributed by atoms with Crippen molar-refractivity contribution in [2.75, 3.05) is 18.7 Å². The number of nitrogens with zero attached hydrogens (tertiary/aromatic N) is 1. The molecule has 1 aliphatic rings. The predicted molar refractivity (Wildman–Crippen MR) is 43.9 cm³/mol. The number of thioether (sulfide) groups is 1. The van der Waals surface area contributed by atoms with Gasteiger partial charge in [0.2, 0.25) is 5.91 Å². The molecule has 0 spiro atoms. The van der Waals surface area contributed by atoms with Crippen LogP contribution in [0.2, 0.25) is 0 Å². The van der Waals surface area contributed by atoms with Gasteiger partial charge in [0.15, 0.2) is 0 Å². The van der Waals surface area contributed by atoms with E-state index in [0.717, 1.165) is 18.1 Å². The molecule has 2 nitrogen and oxygen atoms in total. The van der Waals surface area contributed by atoms with Gasteiger partial charge in [-0.3, -0.25) is 4.79 Å². The first kappa shape index (κ1) is 7.92. The van der Waals surface area contributed by atoms with Gasteiger partial charge in [0.1, 0.15) is 0 Å². The van der Waals surface area contributed by atoms with E-state index in [-0.39, 0.29) is 5.92 Å². The summed E-state index contributed by atoms with van der Waals surface area (Å²) in [5, 5.41) is 0. The number of hydrogen-bond donors (Lipinski definition) is 0. The summed E-state index contributed by atoms with van der Waals surface area (Å²) in [5.41, 5.74) is 0. The van der Waals surface area contributed by atoms with Gasteiger partial charge in [-0.15, -0.1) is 11.8 Å². The summed E-state index contributed by atoms with van der Waals surface area (Å²) >= 11 is 1.84. The minimum absolute atomic E-state index is 0.236. The van der Waals surface area contributed by atoms with Crippen molar-refractivity contribution in [3.63, 3.8) is 0 Å². The van der Waals surface area contributed by atoms with E-state index in [9.17, 15) is 4.79 Å². The molecule has 58 valence electrons. The molecule has 1 atom stereocenters. The normalized spacial score (nSPS) is 28.4. The van der Waals surface area contributed by atoms with E-state index in [0.29, 0.717) is 5.91 Å². The minimum Gasteiger partial charge on any atom is -0.336 e. The summed E-state index contributed by atoms with van der Waals surface area (Å²) in [6, 6.07) is 0. The van der Waals surface area contributed by atoms with Crippen molar-refractivity contribution in [3.8, 4) is 0 Å². The van der Waals surface area contributed by atoms with Crippen molar-refractivity contribution in [2.24, 2.45) is 5.92 Å².